The number of likely N-dealkylation sites (N-methyl/N-ethyl adjacent to an activating group) is 1. The Balaban J connectivity index is 0.000000360. The average Bonchev–Trinajstić information content (AvgIpc) is 3.41. The van der Waals surface area contributed by atoms with Crippen LogP contribution in [0.25, 0.3) is 0 Å². The predicted molar refractivity (Wildman–Crippen MR) is 106 cm³/mol. The van der Waals surface area contributed by atoms with E-state index in [4.69, 9.17) is 19.1 Å². The van der Waals surface area contributed by atoms with E-state index in [1.165, 1.54) is 0 Å². The molecule has 8 nitrogen and oxygen atoms in total. The largest absolute Gasteiger partial charge is 0.490 e. The first-order valence-corrected chi connectivity index (χ1v) is 10.0. The zero-order valence-electron chi connectivity index (χ0n) is 17.4. The number of alkyl halides is 3. The van der Waals surface area contributed by atoms with E-state index in [0.717, 1.165) is 25.2 Å². The summed E-state index contributed by atoms with van der Waals surface area (Å²) in [6, 6.07) is 9.60. The second-order valence-electron chi connectivity index (χ2n) is 7.58. The molecule has 2 aromatic heterocycles. The van der Waals surface area contributed by atoms with Crippen LogP contribution >= 0.6 is 0 Å². The van der Waals surface area contributed by atoms with E-state index >= 15 is 0 Å². The number of pyridine rings is 1. The molecule has 0 radical (unpaired) electrons. The summed E-state index contributed by atoms with van der Waals surface area (Å²) in [4.78, 5) is 30.3. The number of aliphatic carboxylic acids is 1. The molecular weight excluding hydrogens is 431 g/mol. The first-order valence-electron chi connectivity index (χ1n) is 10.0. The SMILES string of the molecule is CN(Cc1ccco1)[C@@H]1CN(C(=O)c2ccccn2)[C@@H]2CCCO[C@H]12.O=C(O)C(F)(F)F. The van der Waals surface area contributed by atoms with Crippen molar-refractivity contribution >= 4 is 11.9 Å². The second-order valence-corrected chi connectivity index (χ2v) is 7.58. The number of likely N-dealkylation sites (tertiary alicyclic amines) is 1. The zero-order valence-corrected chi connectivity index (χ0v) is 17.4. The summed E-state index contributed by atoms with van der Waals surface area (Å²) in [6.07, 6.45) is 0.282. The molecule has 0 aromatic carbocycles. The molecule has 0 unspecified atom stereocenters. The van der Waals surface area contributed by atoms with Crippen molar-refractivity contribution in [3.63, 3.8) is 0 Å². The lowest BCUT2D eigenvalue weighted by Crippen LogP contribution is -2.46. The van der Waals surface area contributed by atoms with E-state index in [1.54, 1.807) is 18.5 Å². The Bertz CT molecular complexity index is 892. The molecule has 11 heteroatoms. The standard InChI is InChI=1S/C19H23N3O3.C2HF3O2/c1-21(12-14-6-4-10-24-14)17-13-22(16-8-5-11-25-18(16)17)19(23)15-7-2-3-9-20-15;3-2(4,5)1(6)7/h2-4,6-7,9-10,16-18H,5,8,11-13H2,1H3;(H,6,7)/t16-,17-,18+;/m1./s1. The molecule has 4 heterocycles. The van der Waals surface area contributed by atoms with Crippen molar-refractivity contribution < 1.29 is 37.0 Å². The van der Waals surface area contributed by atoms with Gasteiger partial charge in [0.2, 0.25) is 0 Å². The normalized spacial score (nSPS) is 22.8. The number of carboxylic acids is 1. The highest BCUT2D eigenvalue weighted by molar-refractivity contribution is 5.92. The molecule has 0 saturated carbocycles. The van der Waals surface area contributed by atoms with Gasteiger partial charge in [0.1, 0.15) is 11.5 Å². The number of nitrogens with zero attached hydrogens (tertiary/aromatic N) is 3. The smallest absolute Gasteiger partial charge is 0.475 e. The van der Waals surface area contributed by atoms with Crippen molar-refractivity contribution in [3.8, 4) is 0 Å². The van der Waals surface area contributed by atoms with Crippen LogP contribution in [-0.4, -0.2) is 76.3 Å². The zero-order chi connectivity index (χ0) is 23.3. The Hall–Kier alpha value is -2.92. The van der Waals surface area contributed by atoms with Crippen LogP contribution in [0.1, 0.15) is 29.1 Å². The summed E-state index contributed by atoms with van der Waals surface area (Å²) in [5.74, 6) is -1.84. The number of carbonyl (C=O) groups is 2. The number of amides is 1. The summed E-state index contributed by atoms with van der Waals surface area (Å²) in [5.41, 5.74) is 0.501. The van der Waals surface area contributed by atoms with Gasteiger partial charge < -0.3 is 19.2 Å². The van der Waals surface area contributed by atoms with Gasteiger partial charge in [0, 0.05) is 19.3 Å². The number of hydrogen-bond acceptors (Lipinski definition) is 6. The molecule has 2 aliphatic rings. The summed E-state index contributed by atoms with van der Waals surface area (Å²) in [6.45, 7) is 2.12. The van der Waals surface area contributed by atoms with E-state index in [0.29, 0.717) is 18.8 Å². The van der Waals surface area contributed by atoms with Gasteiger partial charge in [0.15, 0.2) is 0 Å². The number of aromatic nitrogens is 1. The van der Waals surface area contributed by atoms with Gasteiger partial charge in [-0.3, -0.25) is 14.7 Å². The highest BCUT2D eigenvalue weighted by Gasteiger charge is 2.47. The minimum Gasteiger partial charge on any atom is -0.475 e. The third-order valence-corrected chi connectivity index (χ3v) is 5.44. The van der Waals surface area contributed by atoms with Gasteiger partial charge in [-0.05, 0) is 44.2 Å². The van der Waals surface area contributed by atoms with Gasteiger partial charge in [0.25, 0.3) is 5.91 Å². The van der Waals surface area contributed by atoms with E-state index in [1.807, 2.05) is 29.2 Å². The fraction of sp³-hybridized carbons (Fsp3) is 0.476. The lowest BCUT2D eigenvalue weighted by atomic mass is 10.00. The topological polar surface area (TPSA) is 96.1 Å². The van der Waals surface area contributed by atoms with Crippen LogP contribution in [0.5, 0.6) is 0 Å². The first kappa shape index (κ1) is 23.7. The van der Waals surface area contributed by atoms with Crippen molar-refractivity contribution in [2.45, 2.75) is 43.8 Å². The lowest BCUT2D eigenvalue weighted by Gasteiger charge is -2.34. The van der Waals surface area contributed by atoms with Crippen molar-refractivity contribution in [3.05, 3.63) is 54.2 Å². The number of ether oxygens (including phenoxy) is 1. The van der Waals surface area contributed by atoms with Gasteiger partial charge in [-0.1, -0.05) is 6.07 Å². The minimum absolute atomic E-state index is 0.00463. The Morgan fingerprint density at radius 1 is 1.28 bits per heavy atom. The Kier molecular flexibility index (Phi) is 7.52. The van der Waals surface area contributed by atoms with E-state index < -0.39 is 12.1 Å². The summed E-state index contributed by atoms with van der Waals surface area (Å²) >= 11 is 0. The lowest BCUT2D eigenvalue weighted by molar-refractivity contribution is -0.192. The molecule has 0 aliphatic carbocycles. The highest BCUT2D eigenvalue weighted by Crippen LogP contribution is 2.32. The highest BCUT2D eigenvalue weighted by atomic mass is 19.4. The van der Waals surface area contributed by atoms with Gasteiger partial charge in [0.05, 0.1) is 31.0 Å². The fourth-order valence-corrected chi connectivity index (χ4v) is 3.95. The van der Waals surface area contributed by atoms with Crippen LogP contribution in [0, 0.1) is 0 Å². The van der Waals surface area contributed by atoms with Gasteiger partial charge >= 0.3 is 12.1 Å². The Morgan fingerprint density at radius 2 is 2.03 bits per heavy atom. The van der Waals surface area contributed by atoms with Crippen LogP contribution in [0.15, 0.2) is 47.2 Å². The quantitative estimate of drug-likeness (QED) is 0.757. The maximum atomic E-state index is 13.0. The first-order chi connectivity index (χ1) is 15.2. The molecule has 174 valence electrons. The molecule has 2 aliphatic heterocycles. The van der Waals surface area contributed by atoms with E-state index in [-0.39, 0.29) is 24.1 Å². The van der Waals surface area contributed by atoms with E-state index in [2.05, 4.69) is 16.9 Å². The number of furan rings is 1. The van der Waals surface area contributed by atoms with Crippen molar-refractivity contribution in [2.24, 2.45) is 0 Å². The number of carboxylic acid groups (broad SMARTS) is 1. The van der Waals surface area contributed by atoms with Crippen molar-refractivity contribution in [1.29, 1.82) is 0 Å². The summed E-state index contributed by atoms with van der Waals surface area (Å²) in [7, 11) is 2.07. The monoisotopic (exact) mass is 455 g/mol. The molecule has 1 amide bonds. The van der Waals surface area contributed by atoms with Crippen LogP contribution < -0.4 is 0 Å². The van der Waals surface area contributed by atoms with Gasteiger partial charge in [-0.15, -0.1) is 0 Å². The number of carbonyl (C=O) groups excluding carboxylic acids is 1. The molecule has 4 rings (SSSR count). The van der Waals surface area contributed by atoms with Crippen LogP contribution in [0.3, 0.4) is 0 Å². The molecule has 3 atom stereocenters. The molecule has 1 N–H and O–H groups in total. The van der Waals surface area contributed by atoms with Crippen LogP contribution in [-0.2, 0) is 16.1 Å². The van der Waals surface area contributed by atoms with Crippen molar-refractivity contribution in [2.75, 3.05) is 20.2 Å². The van der Waals surface area contributed by atoms with Crippen molar-refractivity contribution in [1.82, 2.24) is 14.8 Å². The summed E-state index contributed by atoms with van der Waals surface area (Å²) < 4.78 is 43.3. The number of hydrogen-bond donors (Lipinski definition) is 1. The maximum absolute atomic E-state index is 13.0. The molecule has 0 bridgehead atoms. The third kappa shape index (κ3) is 5.65. The van der Waals surface area contributed by atoms with Crippen LogP contribution in [0.4, 0.5) is 13.2 Å². The molecular formula is C21H24F3N3O5. The molecule has 2 saturated heterocycles. The van der Waals surface area contributed by atoms with Gasteiger partial charge in [-0.2, -0.15) is 13.2 Å². The second kappa shape index (κ2) is 10.1. The Morgan fingerprint density at radius 3 is 2.62 bits per heavy atom. The third-order valence-electron chi connectivity index (χ3n) is 5.44. The molecule has 2 fully saturated rings. The molecule has 2 aromatic rings. The van der Waals surface area contributed by atoms with Crippen LogP contribution in [0.2, 0.25) is 0 Å². The number of halogens is 3. The number of rotatable bonds is 4. The maximum Gasteiger partial charge on any atom is 0.490 e. The minimum atomic E-state index is -5.08. The fourth-order valence-electron chi connectivity index (χ4n) is 3.95. The predicted octanol–water partition coefficient (Wildman–Crippen LogP) is 2.81. The summed E-state index contributed by atoms with van der Waals surface area (Å²) in [5, 5.41) is 7.12. The average molecular weight is 455 g/mol. The Labute approximate surface area is 182 Å². The van der Waals surface area contributed by atoms with E-state index in [9.17, 15) is 18.0 Å². The molecule has 0 spiro atoms. The van der Waals surface area contributed by atoms with Gasteiger partial charge in [-0.25, -0.2) is 4.79 Å². The number of fused-ring (bicyclic) bond motifs is 1. The molecule has 32 heavy (non-hydrogen) atoms.